The second-order valence-corrected chi connectivity index (χ2v) is 3.43. The second kappa shape index (κ2) is 3.31. The molecule has 0 aromatic carbocycles. The lowest BCUT2D eigenvalue weighted by Crippen LogP contribution is -1.97. The molecule has 0 aliphatic rings. The van der Waals surface area contributed by atoms with Gasteiger partial charge in [0, 0.05) is 6.20 Å². The summed E-state index contributed by atoms with van der Waals surface area (Å²) in [6.07, 6.45) is 5.14. The van der Waals surface area contributed by atoms with Crippen molar-refractivity contribution >= 4 is 17.4 Å². The molecule has 0 saturated heterocycles. The van der Waals surface area contributed by atoms with E-state index in [2.05, 4.69) is 10.1 Å². The van der Waals surface area contributed by atoms with E-state index in [0.717, 1.165) is 11.3 Å². The standard InChI is InChI=1S/C9H9ClN4/c1-6-2-7(4-12-3-6)14-5-8(10)9(11)13-14/h2-5H,1H3,(H2,11,13). The maximum atomic E-state index is 5.79. The van der Waals surface area contributed by atoms with Gasteiger partial charge in [-0.3, -0.25) is 4.98 Å². The van der Waals surface area contributed by atoms with E-state index in [4.69, 9.17) is 17.3 Å². The third kappa shape index (κ3) is 1.56. The van der Waals surface area contributed by atoms with Gasteiger partial charge in [-0.05, 0) is 18.6 Å². The molecular weight excluding hydrogens is 200 g/mol. The Kier molecular flexibility index (Phi) is 2.13. The van der Waals surface area contributed by atoms with E-state index < -0.39 is 0 Å². The molecule has 2 aromatic heterocycles. The molecule has 0 unspecified atom stereocenters. The SMILES string of the molecule is Cc1cncc(-n2cc(Cl)c(N)n2)c1. The summed E-state index contributed by atoms with van der Waals surface area (Å²) in [4.78, 5) is 4.05. The lowest BCUT2D eigenvalue weighted by molar-refractivity contribution is 0.877. The summed E-state index contributed by atoms with van der Waals surface area (Å²) < 4.78 is 1.61. The Balaban J connectivity index is 2.49. The first-order chi connectivity index (χ1) is 6.66. The molecular formula is C9H9ClN4. The summed E-state index contributed by atoms with van der Waals surface area (Å²) >= 11 is 5.79. The number of anilines is 1. The van der Waals surface area contributed by atoms with Gasteiger partial charge in [0.2, 0.25) is 0 Å². The van der Waals surface area contributed by atoms with Crippen molar-refractivity contribution < 1.29 is 0 Å². The Morgan fingerprint density at radius 2 is 2.21 bits per heavy atom. The highest BCUT2D eigenvalue weighted by atomic mass is 35.5. The Morgan fingerprint density at radius 1 is 1.43 bits per heavy atom. The molecule has 0 aliphatic heterocycles. The van der Waals surface area contributed by atoms with Crippen molar-refractivity contribution in [2.24, 2.45) is 0 Å². The molecule has 5 heteroatoms. The third-order valence-electron chi connectivity index (χ3n) is 1.82. The van der Waals surface area contributed by atoms with Crippen LogP contribution >= 0.6 is 11.6 Å². The highest BCUT2D eigenvalue weighted by molar-refractivity contribution is 6.32. The minimum Gasteiger partial charge on any atom is -0.381 e. The molecule has 0 aliphatic carbocycles. The number of pyridine rings is 1. The highest BCUT2D eigenvalue weighted by Gasteiger charge is 2.04. The van der Waals surface area contributed by atoms with Crippen LogP contribution in [-0.2, 0) is 0 Å². The fraction of sp³-hybridized carbons (Fsp3) is 0.111. The zero-order chi connectivity index (χ0) is 10.1. The highest BCUT2D eigenvalue weighted by Crippen LogP contribution is 2.18. The van der Waals surface area contributed by atoms with Gasteiger partial charge in [-0.1, -0.05) is 11.6 Å². The van der Waals surface area contributed by atoms with Gasteiger partial charge in [-0.15, -0.1) is 5.10 Å². The Hall–Kier alpha value is -1.55. The molecule has 0 saturated carbocycles. The topological polar surface area (TPSA) is 56.7 Å². The predicted molar refractivity (Wildman–Crippen MR) is 55.5 cm³/mol. The van der Waals surface area contributed by atoms with Gasteiger partial charge in [0.25, 0.3) is 0 Å². The van der Waals surface area contributed by atoms with Crippen LogP contribution in [0.15, 0.2) is 24.7 Å². The number of nitrogen functional groups attached to an aromatic ring is 1. The van der Waals surface area contributed by atoms with E-state index in [1.165, 1.54) is 0 Å². The van der Waals surface area contributed by atoms with Crippen molar-refractivity contribution in [3.05, 3.63) is 35.2 Å². The van der Waals surface area contributed by atoms with E-state index in [1.807, 2.05) is 13.0 Å². The van der Waals surface area contributed by atoms with E-state index >= 15 is 0 Å². The van der Waals surface area contributed by atoms with E-state index in [1.54, 1.807) is 23.3 Å². The molecule has 2 rings (SSSR count). The Morgan fingerprint density at radius 3 is 2.79 bits per heavy atom. The number of hydrogen-bond donors (Lipinski definition) is 1. The number of aromatic nitrogens is 3. The molecule has 0 atom stereocenters. The largest absolute Gasteiger partial charge is 0.381 e. The van der Waals surface area contributed by atoms with Crippen molar-refractivity contribution in [2.45, 2.75) is 6.92 Å². The molecule has 2 N–H and O–H groups in total. The number of nitrogens with zero attached hydrogens (tertiary/aromatic N) is 3. The van der Waals surface area contributed by atoms with E-state index in [9.17, 15) is 0 Å². The minimum absolute atomic E-state index is 0.327. The fourth-order valence-electron chi connectivity index (χ4n) is 1.16. The first kappa shape index (κ1) is 9.02. The monoisotopic (exact) mass is 208 g/mol. The van der Waals surface area contributed by atoms with Gasteiger partial charge in [-0.25, -0.2) is 4.68 Å². The van der Waals surface area contributed by atoms with Crippen LogP contribution < -0.4 is 5.73 Å². The molecule has 4 nitrogen and oxygen atoms in total. The van der Waals surface area contributed by atoms with Crippen LogP contribution in [-0.4, -0.2) is 14.8 Å². The Labute approximate surface area is 86.3 Å². The van der Waals surface area contributed by atoms with Gasteiger partial charge in [0.05, 0.1) is 18.1 Å². The second-order valence-electron chi connectivity index (χ2n) is 3.03. The molecule has 72 valence electrons. The average Bonchev–Trinajstić information content (AvgIpc) is 2.47. The maximum Gasteiger partial charge on any atom is 0.164 e. The lowest BCUT2D eigenvalue weighted by atomic mass is 10.3. The first-order valence-corrected chi connectivity index (χ1v) is 4.47. The predicted octanol–water partition coefficient (Wildman–Crippen LogP) is 1.81. The number of rotatable bonds is 1. The summed E-state index contributed by atoms with van der Waals surface area (Å²) in [6, 6.07) is 1.95. The smallest absolute Gasteiger partial charge is 0.164 e. The fourth-order valence-corrected chi connectivity index (χ4v) is 1.29. The number of halogens is 1. The van der Waals surface area contributed by atoms with Crippen LogP contribution in [0.1, 0.15) is 5.56 Å². The van der Waals surface area contributed by atoms with Crippen molar-refractivity contribution in [3.63, 3.8) is 0 Å². The lowest BCUT2D eigenvalue weighted by Gasteiger charge is -2.00. The third-order valence-corrected chi connectivity index (χ3v) is 2.11. The van der Waals surface area contributed by atoms with E-state index in [-0.39, 0.29) is 0 Å². The molecule has 0 amide bonds. The molecule has 2 aromatic rings. The van der Waals surface area contributed by atoms with Crippen LogP contribution in [0.3, 0.4) is 0 Å². The number of aryl methyl sites for hydroxylation is 1. The van der Waals surface area contributed by atoms with Crippen LogP contribution in [0.4, 0.5) is 5.82 Å². The number of hydrogen-bond acceptors (Lipinski definition) is 3. The van der Waals surface area contributed by atoms with Gasteiger partial charge in [0.15, 0.2) is 5.82 Å². The zero-order valence-electron chi connectivity index (χ0n) is 7.61. The van der Waals surface area contributed by atoms with Crippen molar-refractivity contribution in [1.82, 2.24) is 14.8 Å². The molecule has 0 fully saturated rings. The molecule has 0 spiro atoms. The van der Waals surface area contributed by atoms with Gasteiger partial charge < -0.3 is 5.73 Å². The molecule has 0 radical (unpaired) electrons. The van der Waals surface area contributed by atoms with Crippen molar-refractivity contribution in [1.29, 1.82) is 0 Å². The summed E-state index contributed by atoms with van der Waals surface area (Å²) in [7, 11) is 0. The van der Waals surface area contributed by atoms with Gasteiger partial charge >= 0.3 is 0 Å². The Bertz CT molecular complexity index is 444. The van der Waals surface area contributed by atoms with E-state index in [0.29, 0.717) is 10.8 Å². The zero-order valence-corrected chi connectivity index (χ0v) is 8.36. The molecule has 14 heavy (non-hydrogen) atoms. The van der Waals surface area contributed by atoms with Crippen molar-refractivity contribution in [2.75, 3.05) is 5.73 Å². The summed E-state index contributed by atoms with van der Waals surface area (Å²) in [5.74, 6) is 0.327. The summed E-state index contributed by atoms with van der Waals surface area (Å²) in [6.45, 7) is 1.96. The van der Waals surface area contributed by atoms with Gasteiger partial charge in [-0.2, -0.15) is 0 Å². The maximum absolute atomic E-state index is 5.79. The first-order valence-electron chi connectivity index (χ1n) is 4.09. The molecule has 2 heterocycles. The number of nitrogens with two attached hydrogens (primary N) is 1. The normalized spacial score (nSPS) is 10.4. The minimum atomic E-state index is 0.327. The van der Waals surface area contributed by atoms with Crippen LogP contribution in [0.5, 0.6) is 0 Å². The van der Waals surface area contributed by atoms with Crippen LogP contribution in [0.2, 0.25) is 5.02 Å². The quantitative estimate of drug-likeness (QED) is 0.778. The van der Waals surface area contributed by atoms with Crippen LogP contribution in [0.25, 0.3) is 5.69 Å². The van der Waals surface area contributed by atoms with Crippen molar-refractivity contribution in [3.8, 4) is 5.69 Å². The summed E-state index contributed by atoms with van der Waals surface area (Å²) in [5, 5.41) is 4.49. The molecule has 0 bridgehead atoms. The average molecular weight is 209 g/mol. The van der Waals surface area contributed by atoms with Gasteiger partial charge in [0.1, 0.15) is 5.02 Å². The van der Waals surface area contributed by atoms with Crippen LogP contribution in [0, 0.1) is 6.92 Å². The summed E-state index contributed by atoms with van der Waals surface area (Å²) in [5.41, 5.74) is 7.44.